The summed E-state index contributed by atoms with van der Waals surface area (Å²) in [5.41, 5.74) is -0.752. The molecule has 1 atom stereocenters. The fourth-order valence-corrected chi connectivity index (χ4v) is 1.32. The predicted molar refractivity (Wildman–Crippen MR) is 59.5 cm³/mol. The van der Waals surface area contributed by atoms with Crippen molar-refractivity contribution in [3.05, 3.63) is 0 Å². The minimum Gasteiger partial charge on any atom is -0.389 e. The van der Waals surface area contributed by atoms with Gasteiger partial charge in [-0.05, 0) is 41.0 Å². The van der Waals surface area contributed by atoms with Crippen molar-refractivity contribution in [3.8, 4) is 0 Å². The summed E-state index contributed by atoms with van der Waals surface area (Å²) in [6.07, 6.45) is 0.930. The minimum absolute atomic E-state index is 0.105. The molecule has 0 spiro atoms. The standard InChI is InChI=1S/C11H25NO2/c1-9(7-11(4,5)14-6)12-8-10(2,3)13/h9,12-13H,7-8H2,1-6H3. The lowest BCUT2D eigenvalue weighted by molar-refractivity contribution is 0.00534. The molecular formula is C11H25NO2. The van der Waals surface area contributed by atoms with E-state index in [-0.39, 0.29) is 5.60 Å². The van der Waals surface area contributed by atoms with Crippen LogP contribution in [0, 0.1) is 0 Å². The van der Waals surface area contributed by atoms with Crippen molar-refractivity contribution in [2.75, 3.05) is 13.7 Å². The zero-order valence-electron chi connectivity index (χ0n) is 10.3. The molecule has 0 saturated carbocycles. The van der Waals surface area contributed by atoms with Gasteiger partial charge in [-0.15, -0.1) is 0 Å². The predicted octanol–water partition coefficient (Wildman–Crippen LogP) is 1.55. The smallest absolute Gasteiger partial charge is 0.0715 e. The highest BCUT2D eigenvalue weighted by atomic mass is 16.5. The zero-order chi connectivity index (χ0) is 11.4. The second-order valence-corrected chi connectivity index (χ2v) is 5.26. The van der Waals surface area contributed by atoms with Crippen LogP contribution in [-0.4, -0.2) is 36.0 Å². The summed E-state index contributed by atoms with van der Waals surface area (Å²) in [4.78, 5) is 0. The number of nitrogens with one attached hydrogen (secondary N) is 1. The molecule has 0 amide bonds. The first kappa shape index (κ1) is 13.9. The lowest BCUT2D eigenvalue weighted by Crippen LogP contribution is -2.42. The van der Waals surface area contributed by atoms with E-state index < -0.39 is 5.60 Å². The van der Waals surface area contributed by atoms with Gasteiger partial charge in [0.15, 0.2) is 0 Å². The molecule has 0 aromatic heterocycles. The second kappa shape index (κ2) is 5.10. The zero-order valence-corrected chi connectivity index (χ0v) is 10.3. The molecule has 0 fully saturated rings. The van der Waals surface area contributed by atoms with Gasteiger partial charge >= 0.3 is 0 Å². The Bertz CT molecular complexity index is 161. The summed E-state index contributed by atoms with van der Waals surface area (Å²) in [6.45, 7) is 10.4. The van der Waals surface area contributed by atoms with Crippen LogP contribution < -0.4 is 5.32 Å². The molecule has 0 aliphatic carbocycles. The van der Waals surface area contributed by atoms with Crippen molar-refractivity contribution >= 4 is 0 Å². The molecule has 0 saturated heterocycles. The van der Waals surface area contributed by atoms with Crippen LogP contribution in [0.5, 0.6) is 0 Å². The first-order chi connectivity index (χ1) is 6.16. The van der Waals surface area contributed by atoms with E-state index in [1.807, 2.05) is 0 Å². The Labute approximate surface area is 87.8 Å². The molecule has 3 nitrogen and oxygen atoms in total. The Balaban J connectivity index is 3.82. The van der Waals surface area contributed by atoms with E-state index in [0.717, 1.165) is 6.42 Å². The summed E-state index contributed by atoms with van der Waals surface area (Å²) in [7, 11) is 1.72. The van der Waals surface area contributed by atoms with Gasteiger partial charge in [0.1, 0.15) is 0 Å². The highest BCUT2D eigenvalue weighted by molar-refractivity contribution is 4.78. The SMILES string of the molecule is COC(C)(C)CC(C)NCC(C)(C)O. The molecule has 1 unspecified atom stereocenters. The average molecular weight is 203 g/mol. The van der Waals surface area contributed by atoms with E-state index >= 15 is 0 Å². The monoisotopic (exact) mass is 203 g/mol. The molecule has 3 heteroatoms. The third-order valence-electron chi connectivity index (χ3n) is 2.23. The number of ether oxygens (including phenoxy) is 1. The number of aliphatic hydroxyl groups is 1. The molecular weight excluding hydrogens is 178 g/mol. The Morgan fingerprint density at radius 3 is 2.14 bits per heavy atom. The van der Waals surface area contributed by atoms with E-state index in [0.29, 0.717) is 12.6 Å². The van der Waals surface area contributed by atoms with Crippen molar-refractivity contribution in [1.82, 2.24) is 5.32 Å². The van der Waals surface area contributed by atoms with Gasteiger partial charge < -0.3 is 15.2 Å². The first-order valence-electron chi connectivity index (χ1n) is 5.17. The van der Waals surface area contributed by atoms with E-state index in [9.17, 15) is 5.11 Å². The van der Waals surface area contributed by atoms with Crippen molar-refractivity contribution in [2.45, 2.75) is 58.3 Å². The largest absolute Gasteiger partial charge is 0.389 e. The van der Waals surface area contributed by atoms with Gasteiger partial charge in [0.05, 0.1) is 11.2 Å². The molecule has 86 valence electrons. The number of hydrogen-bond donors (Lipinski definition) is 2. The summed E-state index contributed by atoms with van der Waals surface area (Å²) in [5, 5.41) is 12.8. The van der Waals surface area contributed by atoms with Crippen molar-refractivity contribution in [3.63, 3.8) is 0 Å². The van der Waals surface area contributed by atoms with E-state index in [2.05, 4.69) is 26.1 Å². The summed E-state index contributed by atoms with van der Waals surface area (Å²) < 4.78 is 5.34. The molecule has 0 rings (SSSR count). The molecule has 0 radical (unpaired) electrons. The maximum atomic E-state index is 9.53. The molecule has 0 aliphatic rings. The highest BCUT2D eigenvalue weighted by Gasteiger charge is 2.21. The fourth-order valence-electron chi connectivity index (χ4n) is 1.32. The average Bonchev–Trinajstić information content (AvgIpc) is 1.99. The van der Waals surface area contributed by atoms with Crippen LogP contribution in [0.15, 0.2) is 0 Å². The molecule has 2 N–H and O–H groups in total. The van der Waals surface area contributed by atoms with E-state index in [1.54, 1.807) is 21.0 Å². The minimum atomic E-state index is -0.647. The molecule has 0 heterocycles. The molecule has 0 aromatic rings. The lowest BCUT2D eigenvalue weighted by Gasteiger charge is -2.29. The third-order valence-corrected chi connectivity index (χ3v) is 2.23. The summed E-state index contributed by atoms with van der Waals surface area (Å²) in [6, 6.07) is 0.344. The van der Waals surface area contributed by atoms with E-state index in [1.165, 1.54) is 0 Å². The lowest BCUT2D eigenvalue weighted by atomic mass is 9.99. The normalized spacial score (nSPS) is 15.6. The van der Waals surface area contributed by atoms with Gasteiger partial charge in [-0.3, -0.25) is 0 Å². The van der Waals surface area contributed by atoms with Crippen molar-refractivity contribution in [2.24, 2.45) is 0 Å². The molecule has 0 bridgehead atoms. The van der Waals surface area contributed by atoms with Crippen LogP contribution in [-0.2, 0) is 4.74 Å². The Morgan fingerprint density at radius 1 is 1.29 bits per heavy atom. The topological polar surface area (TPSA) is 41.5 Å². The Morgan fingerprint density at radius 2 is 1.79 bits per heavy atom. The van der Waals surface area contributed by atoms with Gasteiger partial charge in [0.2, 0.25) is 0 Å². The maximum absolute atomic E-state index is 9.53. The van der Waals surface area contributed by atoms with Crippen LogP contribution in [0.25, 0.3) is 0 Å². The van der Waals surface area contributed by atoms with Gasteiger partial charge in [0.25, 0.3) is 0 Å². The van der Waals surface area contributed by atoms with Crippen LogP contribution in [0.1, 0.15) is 41.0 Å². The highest BCUT2D eigenvalue weighted by Crippen LogP contribution is 2.15. The summed E-state index contributed by atoms with van der Waals surface area (Å²) >= 11 is 0. The second-order valence-electron chi connectivity index (χ2n) is 5.26. The molecule has 0 aromatic carbocycles. The maximum Gasteiger partial charge on any atom is 0.0715 e. The van der Waals surface area contributed by atoms with Crippen LogP contribution >= 0.6 is 0 Å². The van der Waals surface area contributed by atoms with E-state index in [4.69, 9.17) is 4.74 Å². The number of methoxy groups -OCH3 is 1. The molecule has 0 aliphatic heterocycles. The van der Waals surface area contributed by atoms with Crippen molar-refractivity contribution < 1.29 is 9.84 Å². The number of rotatable bonds is 6. The van der Waals surface area contributed by atoms with Crippen LogP contribution in [0.3, 0.4) is 0 Å². The van der Waals surface area contributed by atoms with Crippen LogP contribution in [0.4, 0.5) is 0 Å². The van der Waals surface area contributed by atoms with Crippen LogP contribution in [0.2, 0.25) is 0 Å². The van der Waals surface area contributed by atoms with Gasteiger partial charge in [-0.2, -0.15) is 0 Å². The van der Waals surface area contributed by atoms with Gasteiger partial charge in [0, 0.05) is 19.7 Å². The first-order valence-corrected chi connectivity index (χ1v) is 5.17. The van der Waals surface area contributed by atoms with Gasteiger partial charge in [-0.25, -0.2) is 0 Å². The van der Waals surface area contributed by atoms with Gasteiger partial charge in [-0.1, -0.05) is 0 Å². The quantitative estimate of drug-likeness (QED) is 0.688. The Hall–Kier alpha value is -0.120. The Kier molecular flexibility index (Phi) is 5.06. The summed E-state index contributed by atoms with van der Waals surface area (Å²) in [5.74, 6) is 0. The third kappa shape index (κ3) is 7.30. The fraction of sp³-hybridized carbons (Fsp3) is 1.00. The number of hydrogen-bond acceptors (Lipinski definition) is 3. The molecule has 14 heavy (non-hydrogen) atoms. The van der Waals surface area contributed by atoms with Crippen molar-refractivity contribution in [1.29, 1.82) is 0 Å².